The number of nitrogens with one attached hydrogen (secondary N) is 1. The van der Waals surface area contributed by atoms with Gasteiger partial charge in [-0.1, -0.05) is 34.8 Å². The van der Waals surface area contributed by atoms with Gasteiger partial charge in [0.05, 0.1) is 15.7 Å². The lowest BCUT2D eigenvalue weighted by atomic mass is 10.2. The van der Waals surface area contributed by atoms with E-state index in [0.29, 0.717) is 15.7 Å². The summed E-state index contributed by atoms with van der Waals surface area (Å²) in [6.45, 7) is 4.91. The van der Waals surface area contributed by atoms with Gasteiger partial charge in [0.1, 0.15) is 0 Å². The molecule has 20 heavy (non-hydrogen) atoms. The summed E-state index contributed by atoms with van der Waals surface area (Å²) < 4.78 is 4.78. The molecule has 0 spiro atoms. The Bertz CT molecular complexity index is 564. The number of hydrogen-bond donors (Lipinski definition) is 1. The number of hydrogen-bond acceptors (Lipinski definition) is 3. The van der Waals surface area contributed by atoms with Crippen molar-refractivity contribution in [1.29, 1.82) is 0 Å². The number of aryl methyl sites for hydroxylation is 1. The number of anilines is 1. The molecular weight excluding hydrogens is 301 g/mol. The summed E-state index contributed by atoms with van der Waals surface area (Å²) in [5.74, 6) is -1.07. The third-order valence-corrected chi connectivity index (χ3v) is 3.10. The molecule has 0 aliphatic heterocycles. The van der Waals surface area contributed by atoms with Crippen LogP contribution >= 0.6 is 23.2 Å². The van der Waals surface area contributed by atoms with E-state index in [1.807, 2.05) is 0 Å². The Morgan fingerprint density at radius 2 is 1.95 bits per heavy atom. The molecule has 0 unspecified atom stereocenters. The first-order valence-electron chi connectivity index (χ1n) is 5.87. The van der Waals surface area contributed by atoms with Crippen molar-refractivity contribution >= 4 is 40.8 Å². The minimum absolute atomic E-state index is 0.316. The van der Waals surface area contributed by atoms with Crippen LogP contribution in [0.25, 0.3) is 0 Å². The first kappa shape index (κ1) is 16.5. The van der Waals surface area contributed by atoms with Gasteiger partial charge in [-0.2, -0.15) is 0 Å². The molecule has 1 aromatic rings. The molecule has 0 fully saturated rings. The molecule has 0 saturated carbocycles. The van der Waals surface area contributed by atoms with Gasteiger partial charge in [-0.15, -0.1) is 0 Å². The predicted octanol–water partition coefficient (Wildman–Crippen LogP) is 3.75. The summed E-state index contributed by atoms with van der Waals surface area (Å²) in [4.78, 5) is 23.0. The zero-order valence-electron chi connectivity index (χ0n) is 11.4. The van der Waals surface area contributed by atoms with Gasteiger partial charge >= 0.3 is 5.97 Å². The van der Waals surface area contributed by atoms with E-state index in [2.05, 4.69) is 5.32 Å². The molecule has 0 heterocycles. The summed E-state index contributed by atoms with van der Waals surface area (Å²) >= 11 is 12.0. The summed E-state index contributed by atoms with van der Waals surface area (Å²) in [6, 6.07) is 3.38. The van der Waals surface area contributed by atoms with Crippen LogP contribution in [-0.4, -0.2) is 18.5 Å². The number of halogens is 2. The fourth-order valence-electron chi connectivity index (χ4n) is 1.36. The summed E-state index contributed by atoms with van der Waals surface area (Å²) in [5.41, 5.74) is 1.89. The Morgan fingerprint density at radius 3 is 2.55 bits per heavy atom. The maximum Gasteiger partial charge on any atom is 0.331 e. The fourth-order valence-corrected chi connectivity index (χ4v) is 1.83. The number of rotatable bonds is 4. The summed E-state index contributed by atoms with van der Waals surface area (Å²) in [6.07, 6.45) is 1.31. The number of amides is 1. The second kappa shape index (κ2) is 7.31. The highest BCUT2D eigenvalue weighted by molar-refractivity contribution is 6.40. The van der Waals surface area contributed by atoms with E-state index in [1.54, 1.807) is 32.9 Å². The van der Waals surface area contributed by atoms with Gasteiger partial charge in [0.15, 0.2) is 6.61 Å². The molecule has 1 N–H and O–H groups in total. The number of esters is 1. The van der Waals surface area contributed by atoms with Crippen LogP contribution in [0.2, 0.25) is 10.0 Å². The van der Waals surface area contributed by atoms with Crippen LogP contribution in [0.3, 0.4) is 0 Å². The van der Waals surface area contributed by atoms with Crippen molar-refractivity contribution in [3.8, 4) is 0 Å². The van der Waals surface area contributed by atoms with Crippen LogP contribution in [0, 0.1) is 6.92 Å². The van der Waals surface area contributed by atoms with E-state index in [4.69, 9.17) is 27.9 Å². The Kier molecular flexibility index (Phi) is 6.05. The molecule has 108 valence electrons. The molecule has 0 radical (unpaired) electrons. The normalized spacial score (nSPS) is 9.85. The minimum atomic E-state index is -0.568. The fraction of sp³-hybridized carbons (Fsp3) is 0.286. The van der Waals surface area contributed by atoms with Crippen molar-refractivity contribution < 1.29 is 14.3 Å². The number of allylic oxidation sites excluding steroid dienone is 1. The number of ether oxygens (including phenoxy) is 1. The quantitative estimate of drug-likeness (QED) is 0.680. The highest BCUT2D eigenvalue weighted by Crippen LogP contribution is 2.32. The highest BCUT2D eigenvalue weighted by Gasteiger charge is 2.12. The van der Waals surface area contributed by atoms with Crippen LogP contribution in [0.5, 0.6) is 0 Å². The highest BCUT2D eigenvalue weighted by atomic mass is 35.5. The topological polar surface area (TPSA) is 55.4 Å². The van der Waals surface area contributed by atoms with Crippen molar-refractivity contribution in [2.24, 2.45) is 0 Å². The molecule has 0 bridgehead atoms. The SMILES string of the molecule is CC(C)=CC(=O)OCC(=O)Nc1c(Cl)ccc(C)c1Cl. The molecule has 1 aromatic carbocycles. The second-order valence-corrected chi connectivity index (χ2v) is 5.22. The van der Waals surface area contributed by atoms with Gasteiger partial charge in [-0.3, -0.25) is 4.79 Å². The molecule has 0 aliphatic carbocycles. The first-order valence-corrected chi connectivity index (χ1v) is 6.63. The third kappa shape index (κ3) is 4.87. The standard InChI is InChI=1S/C14H15Cl2NO3/c1-8(2)6-12(19)20-7-11(18)17-14-10(15)5-4-9(3)13(14)16/h4-6H,7H2,1-3H3,(H,17,18). The van der Waals surface area contributed by atoms with Crippen LogP contribution < -0.4 is 5.32 Å². The lowest BCUT2D eigenvalue weighted by Gasteiger charge is -2.11. The smallest absolute Gasteiger partial charge is 0.331 e. The predicted molar refractivity (Wildman–Crippen MR) is 80.2 cm³/mol. The number of benzene rings is 1. The minimum Gasteiger partial charge on any atom is -0.452 e. The van der Waals surface area contributed by atoms with Gasteiger partial charge in [-0.25, -0.2) is 4.79 Å². The van der Waals surface area contributed by atoms with Crippen molar-refractivity contribution in [1.82, 2.24) is 0 Å². The lowest BCUT2D eigenvalue weighted by Crippen LogP contribution is -2.20. The average Bonchev–Trinajstić information content (AvgIpc) is 2.36. The molecule has 0 saturated heterocycles. The number of carbonyl (C=O) groups is 2. The van der Waals surface area contributed by atoms with Crippen molar-refractivity contribution in [2.75, 3.05) is 11.9 Å². The third-order valence-electron chi connectivity index (χ3n) is 2.30. The van der Waals surface area contributed by atoms with Crippen LogP contribution in [-0.2, 0) is 14.3 Å². The average molecular weight is 316 g/mol. The largest absolute Gasteiger partial charge is 0.452 e. The van der Waals surface area contributed by atoms with E-state index >= 15 is 0 Å². The van der Waals surface area contributed by atoms with Crippen molar-refractivity contribution in [2.45, 2.75) is 20.8 Å². The van der Waals surface area contributed by atoms with Crippen LogP contribution in [0.4, 0.5) is 5.69 Å². The Labute approximate surface area is 127 Å². The Hall–Kier alpha value is -1.52. The van der Waals surface area contributed by atoms with E-state index in [0.717, 1.165) is 11.1 Å². The van der Waals surface area contributed by atoms with Gasteiger partial charge in [0, 0.05) is 6.08 Å². The molecule has 1 rings (SSSR count). The maximum atomic E-state index is 11.7. The van der Waals surface area contributed by atoms with Gasteiger partial charge < -0.3 is 10.1 Å². The van der Waals surface area contributed by atoms with Crippen molar-refractivity contribution in [3.63, 3.8) is 0 Å². The summed E-state index contributed by atoms with van der Waals surface area (Å²) in [7, 11) is 0. The second-order valence-electron chi connectivity index (χ2n) is 4.43. The Balaban J connectivity index is 2.66. The molecule has 0 atom stereocenters. The van der Waals surface area contributed by atoms with Crippen LogP contribution in [0.15, 0.2) is 23.8 Å². The van der Waals surface area contributed by atoms with Crippen molar-refractivity contribution in [3.05, 3.63) is 39.4 Å². The molecule has 6 heteroatoms. The monoisotopic (exact) mass is 315 g/mol. The van der Waals surface area contributed by atoms with Gasteiger partial charge in [0.2, 0.25) is 0 Å². The Morgan fingerprint density at radius 1 is 1.30 bits per heavy atom. The molecule has 1 amide bonds. The first-order chi connectivity index (χ1) is 9.31. The molecule has 4 nitrogen and oxygen atoms in total. The molecule has 0 aliphatic rings. The molecular formula is C14H15Cl2NO3. The van der Waals surface area contributed by atoms with E-state index in [9.17, 15) is 9.59 Å². The zero-order valence-corrected chi connectivity index (χ0v) is 12.9. The van der Waals surface area contributed by atoms with Gasteiger partial charge in [0.25, 0.3) is 5.91 Å². The number of carbonyl (C=O) groups excluding carboxylic acids is 2. The summed E-state index contributed by atoms with van der Waals surface area (Å²) in [5, 5.41) is 3.21. The van der Waals surface area contributed by atoms with E-state index in [1.165, 1.54) is 6.08 Å². The zero-order chi connectivity index (χ0) is 15.3. The molecule has 0 aromatic heterocycles. The van der Waals surface area contributed by atoms with Gasteiger partial charge in [-0.05, 0) is 32.4 Å². The lowest BCUT2D eigenvalue weighted by molar-refractivity contribution is -0.142. The maximum absolute atomic E-state index is 11.7. The van der Waals surface area contributed by atoms with E-state index < -0.39 is 18.5 Å². The van der Waals surface area contributed by atoms with E-state index in [-0.39, 0.29) is 0 Å². The van der Waals surface area contributed by atoms with Crippen LogP contribution in [0.1, 0.15) is 19.4 Å².